The largest absolute Gasteiger partial charge is 0.358 e. The Morgan fingerprint density at radius 3 is 2.81 bits per heavy atom. The molecule has 0 bridgehead atoms. The van der Waals surface area contributed by atoms with Crippen molar-refractivity contribution in [2.24, 2.45) is 0 Å². The van der Waals surface area contributed by atoms with Crippen LogP contribution in [0.3, 0.4) is 0 Å². The van der Waals surface area contributed by atoms with Crippen molar-refractivity contribution in [3.05, 3.63) is 22.1 Å². The summed E-state index contributed by atoms with van der Waals surface area (Å²) >= 11 is 0. The molecule has 1 saturated heterocycles. The Balaban J connectivity index is 2.01. The molecule has 7 nitrogen and oxygen atoms in total. The van der Waals surface area contributed by atoms with E-state index < -0.39 is 0 Å². The number of aryl methyl sites for hydroxylation is 1. The number of nitrogens with one attached hydrogen (secondary N) is 1. The highest BCUT2D eigenvalue weighted by Gasteiger charge is 2.23. The summed E-state index contributed by atoms with van der Waals surface area (Å²) in [5, 5.41) is 14.4. The topological polar surface area (TPSA) is 76.2 Å². The Bertz CT molecular complexity index is 468. The van der Waals surface area contributed by atoms with Crippen molar-refractivity contribution in [3.63, 3.8) is 0 Å². The van der Waals surface area contributed by atoms with E-state index in [1.54, 1.807) is 4.57 Å². The third-order valence-electron chi connectivity index (χ3n) is 4.17. The van der Waals surface area contributed by atoms with Gasteiger partial charge in [0.25, 0.3) is 0 Å². The van der Waals surface area contributed by atoms with Crippen LogP contribution in [0, 0.1) is 17.0 Å². The quantitative estimate of drug-likeness (QED) is 0.610. The number of hydrogen-bond acceptors (Lipinski definition) is 5. The van der Waals surface area contributed by atoms with Gasteiger partial charge in [-0.3, -0.25) is 4.90 Å². The Hall–Kier alpha value is -1.47. The van der Waals surface area contributed by atoms with Crippen molar-refractivity contribution in [1.29, 1.82) is 0 Å². The molecular formula is C14H25N5O2. The highest BCUT2D eigenvalue weighted by molar-refractivity contribution is 5.18. The molecule has 0 spiro atoms. The molecule has 2 rings (SSSR count). The second-order valence-corrected chi connectivity index (χ2v) is 5.59. The minimum Gasteiger partial charge on any atom is -0.358 e. The third kappa shape index (κ3) is 4.01. The number of piperidine rings is 1. The van der Waals surface area contributed by atoms with Crippen molar-refractivity contribution in [2.45, 2.75) is 45.7 Å². The van der Waals surface area contributed by atoms with Crippen LogP contribution in [0.15, 0.2) is 6.20 Å². The first-order valence-electron chi connectivity index (χ1n) is 7.74. The highest BCUT2D eigenvalue weighted by atomic mass is 16.6. The Kier molecular flexibility index (Phi) is 5.69. The van der Waals surface area contributed by atoms with E-state index in [1.165, 1.54) is 6.20 Å². The maximum atomic E-state index is 11.0. The summed E-state index contributed by atoms with van der Waals surface area (Å²) in [5.41, 5.74) is 0. The Morgan fingerprint density at radius 2 is 2.19 bits per heavy atom. The zero-order valence-corrected chi connectivity index (χ0v) is 12.9. The normalized spacial score (nSPS) is 16.5. The number of aromatic nitrogens is 2. The van der Waals surface area contributed by atoms with Gasteiger partial charge in [0.15, 0.2) is 5.82 Å². The molecule has 1 aromatic rings. The van der Waals surface area contributed by atoms with Crippen LogP contribution >= 0.6 is 0 Å². The first-order valence-corrected chi connectivity index (χ1v) is 7.74. The van der Waals surface area contributed by atoms with E-state index in [0.29, 0.717) is 18.4 Å². The number of nitrogens with zero attached hydrogens (tertiary/aromatic N) is 4. The van der Waals surface area contributed by atoms with Crippen LogP contribution in [-0.2, 0) is 6.54 Å². The van der Waals surface area contributed by atoms with E-state index in [-0.39, 0.29) is 10.7 Å². The van der Waals surface area contributed by atoms with Gasteiger partial charge < -0.3 is 15.4 Å². The lowest BCUT2D eigenvalue weighted by atomic mass is 10.0. The zero-order chi connectivity index (χ0) is 15.2. The van der Waals surface area contributed by atoms with Crippen molar-refractivity contribution >= 4 is 5.82 Å². The molecule has 1 aliphatic heterocycles. The SMILES string of the molecule is CCCN(CCn1c([N+](=O)[O-])cnc1C)C1CCNCC1. The summed E-state index contributed by atoms with van der Waals surface area (Å²) in [6.45, 7) is 8.65. The van der Waals surface area contributed by atoms with Gasteiger partial charge >= 0.3 is 5.82 Å². The fourth-order valence-corrected chi connectivity index (χ4v) is 3.04. The fourth-order valence-electron chi connectivity index (χ4n) is 3.04. The van der Waals surface area contributed by atoms with Crippen LogP contribution in [-0.4, -0.2) is 51.6 Å². The fraction of sp³-hybridized carbons (Fsp3) is 0.786. The molecule has 0 amide bonds. The molecule has 1 aromatic heterocycles. The van der Waals surface area contributed by atoms with Crippen LogP contribution < -0.4 is 5.32 Å². The third-order valence-corrected chi connectivity index (χ3v) is 4.17. The van der Waals surface area contributed by atoms with Crippen LogP contribution in [0.4, 0.5) is 5.82 Å². The molecule has 1 N–H and O–H groups in total. The molecule has 0 radical (unpaired) electrons. The lowest BCUT2D eigenvalue weighted by Gasteiger charge is -2.34. The number of rotatable bonds is 7. The predicted octanol–water partition coefficient (Wildman–Crippen LogP) is 1.56. The molecule has 0 saturated carbocycles. The van der Waals surface area contributed by atoms with Crippen molar-refractivity contribution in [1.82, 2.24) is 19.8 Å². The van der Waals surface area contributed by atoms with Crippen LogP contribution in [0.2, 0.25) is 0 Å². The molecule has 0 aromatic carbocycles. The van der Waals surface area contributed by atoms with E-state index in [1.807, 2.05) is 6.92 Å². The van der Waals surface area contributed by atoms with Gasteiger partial charge in [-0.2, -0.15) is 0 Å². The molecule has 118 valence electrons. The van der Waals surface area contributed by atoms with Crippen LogP contribution in [0.25, 0.3) is 0 Å². The first kappa shape index (κ1) is 15.9. The summed E-state index contributed by atoms with van der Waals surface area (Å²) in [5.74, 6) is 0.803. The molecule has 2 heterocycles. The smallest absolute Gasteiger partial charge is 0.342 e. The number of hydrogen-bond donors (Lipinski definition) is 1. The monoisotopic (exact) mass is 295 g/mol. The zero-order valence-electron chi connectivity index (χ0n) is 12.9. The molecule has 0 unspecified atom stereocenters. The molecular weight excluding hydrogens is 270 g/mol. The van der Waals surface area contributed by atoms with Gasteiger partial charge in [0, 0.05) is 19.5 Å². The van der Waals surface area contributed by atoms with Gasteiger partial charge in [-0.1, -0.05) is 6.92 Å². The minimum absolute atomic E-state index is 0.0919. The first-order chi connectivity index (χ1) is 10.1. The van der Waals surface area contributed by atoms with Gasteiger partial charge in [0.1, 0.15) is 12.7 Å². The molecule has 1 aliphatic rings. The van der Waals surface area contributed by atoms with Crippen molar-refractivity contribution in [2.75, 3.05) is 26.2 Å². The Morgan fingerprint density at radius 1 is 1.48 bits per heavy atom. The minimum atomic E-state index is -0.352. The van der Waals surface area contributed by atoms with Gasteiger partial charge in [0.05, 0.1) is 0 Å². The molecule has 21 heavy (non-hydrogen) atoms. The molecule has 0 aliphatic carbocycles. The number of imidazole rings is 1. The average Bonchev–Trinajstić information content (AvgIpc) is 2.86. The lowest BCUT2D eigenvalue weighted by molar-refractivity contribution is -0.392. The van der Waals surface area contributed by atoms with E-state index >= 15 is 0 Å². The predicted molar refractivity (Wildman–Crippen MR) is 81.4 cm³/mol. The van der Waals surface area contributed by atoms with Crippen molar-refractivity contribution < 1.29 is 4.92 Å². The van der Waals surface area contributed by atoms with E-state index in [2.05, 4.69) is 22.1 Å². The van der Waals surface area contributed by atoms with Gasteiger partial charge in [0.2, 0.25) is 0 Å². The maximum absolute atomic E-state index is 11.0. The maximum Gasteiger partial charge on any atom is 0.342 e. The van der Waals surface area contributed by atoms with E-state index in [9.17, 15) is 10.1 Å². The Labute approximate surface area is 125 Å². The van der Waals surface area contributed by atoms with Crippen molar-refractivity contribution in [3.8, 4) is 0 Å². The van der Waals surface area contributed by atoms with E-state index in [0.717, 1.165) is 45.4 Å². The average molecular weight is 295 g/mol. The number of nitro groups is 1. The molecule has 1 fully saturated rings. The summed E-state index contributed by atoms with van der Waals surface area (Å²) in [7, 11) is 0. The van der Waals surface area contributed by atoms with Crippen LogP contribution in [0.5, 0.6) is 0 Å². The standard InChI is InChI=1S/C14H25N5O2/c1-3-8-17(13-4-6-15-7-5-13)9-10-18-12(2)16-11-14(18)19(20)21/h11,13,15H,3-10H2,1-2H3. The second kappa shape index (κ2) is 7.51. The summed E-state index contributed by atoms with van der Waals surface area (Å²) in [6.07, 6.45) is 4.77. The second-order valence-electron chi connectivity index (χ2n) is 5.59. The van der Waals surface area contributed by atoms with Gasteiger partial charge in [-0.25, -0.2) is 9.55 Å². The lowest BCUT2D eigenvalue weighted by Crippen LogP contribution is -2.44. The highest BCUT2D eigenvalue weighted by Crippen LogP contribution is 2.16. The molecule has 7 heteroatoms. The summed E-state index contributed by atoms with van der Waals surface area (Å²) < 4.78 is 1.71. The van der Waals surface area contributed by atoms with Crippen LogP contribution in [0.1, 0.15) is 32.0 Å². The summed E-state index contributed by atoms with van der Waals surface area (Å²) in [4.78, 5) is 17.2. The molecule has 0 atom stereocenters. The van der Waals surface area contributed by atoms with E-state index in [4.69, 9.17) is 0 Å². The van der Waals surface area contributed by atoms with Gasteiger partial charge in [-0.15, -0.1) is 0 Å². The van der Waals surface area contributed by atoms with Gasteiger partial charge in [-0.05, 0) is 43.8 Å². The summed E-state index contributed by atoms with van der Waals surface area (Å²) in [6, 6.07) is 0.592.